The lowest BCUT2D eigenvalue weighted by molar-refractivity contribution is -0.137. The third-order valence-electron chi connectivity index (χ3n) is 4.86. The number of hydrogen-bond acceptors (Lipinski definition) is 4. The Bertz CT molecular complexity index is 585. The molecule has 0 aromatic carbocycles. The maximum Gasteiger partial charge on any atom is 0.417 e. The minimum atomic E-state index is -4.37. The van der Waals surface area contributed by atoms with Gasteiger partial charge in [-0.05, 0) is 50.3 Å². The average molecular weight is 356 g/mol. The zero-order valence-electron chi connectivity index (χ0n) is 14.0. The molecular formula is C17H23F3N4O. The summed E-state index contributed by atoms with van der Waals surface area (Å²) in [7, 11) is 0. The fourth-order valence-corrected chi connectivity index (χ4v) is 3.46. The van der Waals surface area contributed by atoms with Crippen molar-refractivity contribution in [1.82, 2.24) is 15.6 Å². The van der Waals surface area contributed by atoms with Crippen LogP contribution in [0.5, 0.6) is 0 Å². The van der Waals surface area contributed by atoms with Gasteiger partial charge in [-0.1, -0.05) is 0 Å². The van der Waals surface area contributed by atoms with Crippen LogP contribution < -0.4 is 15.5 Å². The van der Waals surface area contributed by atoms with Gasteiger partial charge in [-0.2, -0.15) is 13.2 Å². The maximum atomic E-state index is 12.6. The fraction of sp³-hybridized carbons (Fsp3) is 0.647. The summed E-state index contributed by atoms with van der Waals surface area (Å²) in [6.07, 6.45) is 0.342. The van der Waals surface area contributed by atoms with Gasteiger partial charge in [-0.15, -0.1) is 0 Å². The van der Waals surface area contributed by atoms with Crippen LogP contribution in [0.15, 0.2) is 18.3 Å². The molecule has 0 radical (unpaired) electrons. The molecule has 138 valence electrons. The first-order valence-electron chi connectivity index (χ1n) is 8.73. The summed E-state index contributed by atoms with van der Waals surface area (Å²) in [5, 5.41) is 6.17. The maximum absolute atomic E-state index is 12.6. The highest BCUT2D eigenvalue weighted by Gasteiger charge is 2.31. The van der Waals surface area contributed by atoms with Crippen molar-refractivity contribution in [3.8, 4) is 0 Å². The van der Waals surface area contributed by atoms with E-state index in [4.69, 9.17) is 0 Å². The lowest BCUT2D eigenvalue weighted by Gasteiger charge is -2.34. The molecule has 0 aliphatic carbocycles. The van der Waals surface area contributed by atoms with E-state index in [9.17, 15) is 18.0 Å². The second kappa shape index (κ2) is 7.59. The Hall–Kier alpha value is -1.83. The van der Waals surface area contributed by atoms with E-state index in [1.54, 1.807) is 0 Å². The third kappa shape index (κ3) is 4.62. The highest BCUT2D eigenvalue weighted by Crippen LogP contribution is 2.30. The number of piperidine rings is 1. The number of amides is 1. The molecule has 0 bridgehead atoms. The molecule has 8 heteroatoms. The molecule has 2 aliphatic heterocycles. The van der Waals surface area contributed by atoms with Gasteiger partial charge < -0.3 is 15.5 Å². The predicted molar refractivity (Wildman–Crippen MR) is 88.2 cm³/mol. The Kier molecular flexibility index (Phi) is 5.46. The summed E-state index contributed by atoms with van der Waals surface area (Å²) in [6.45, 7) is 2.94. The number of alkyl halides is 3. The molecule has 2 unspecified atom stereocenters. The number of carbonyl (C=O) groups excluding carboxylic acids is 1. The minimum Gasteiger partial charge on any atom is -0.356 e. The van der Waals surface area contributed by atoms with Crippen molar-refractivity contribution >= 4 is 11.7 Å². The molecule has 2 atom stereocenters. The summed E-state index contributed by atoms with van der Waals surface area (Å²) in [4.78, 5) is 18.0. The molecule has 25 heavy (non-hydrogen) atoms. The normalized spacial score (nSPS) is 24.4. The van der Waals surface area contributed by atoms with Crippen molar-refractivity contribution in [2.45, 2.75) is 37.9 Å². The molecule has 2 aliphatic rings. The average Bonchev–Trinajstić information content (AvgIpc) is 3.14. The molecule has 3 heterocycles. The predicted octanol–water partition coefficient (Wildman–Crippen LogP) is 2.19. The number of aromatic nitrogens is 1. The van der Waals surface area contributed by atoms with Crippen molar-refractivity contribution < 1.29 is 18.0 Å². The Balaban J connectivity index is 1.53. The highest BCUT2D eigenvalue weighted by atomic mass is 19.4. The van der Waals surface area contributed by atoms with E-state index in [-0.39, 0.29) is 17.9 Å². The van der Waals surface area contributed by atoms with Gasteiger partial charge in [0.25, 0.3) is 0 Å². The van der Waals surface area contributed by atoms with Crippen LogP contribution in [-0.4, -0.2) is 43.1 Å². The number of pyridine rings is 1. The first-order chi connectivity index (χ1) is 11.9. The van der Waals surface area contributed by atoms with Gasteiger partial charge in [0.2, 0.25) is 5.91 Å². The van der Waals surface area contributed by atoms with Crippen LogP contribution in [0, 0.1) is 5.92 Å². The number of halogens is 3. The molecule has 2 fully saturated rings. The monoisotopic (exact) mass is 356 g/mol. The second-order valence-corrected chi connectivity index (χ2v) is 6.75. The quantitative estimate of drug-likeness (QED) is 0.868. The Labute approximate surface area is 145 Å². The molecule has 5 nitrogen and oxygen atoms in total. The smallest absolute Gasteiger partial charge is 0.356 e. The lowest BCUT2D eigenvalue weighted by atomic mass is 9.97. The number of carbonyl (C=O) groups is 1. The highest BCUT2D eigenvalue weighted by molar-refractivity contribution is 5.82. The molecule has 2 N–H and O–H groups in total. The summed E-state index contributed by atoms with van der Waals surface area (Å²) in [5.41, 5.74) is -0.735. The van der Waals surface area contributed by atoms with Gasteiger partial charge in [-0.25, -0.2) is 4.98 Å². The van der Waals surface area contributed by atoms with Crippen molar-refractivity contribution in [3.05, 3.63) is 23.9 Å². The van der Waals surface area contributed by atoms with Gasteiger partial charge in [0.1, 0.15) is 5.82 Å². The summed E-state index contributed by atoms with van der Waals surface area (Å²) < 4.78 is 37.9. The van der Waals surface area contributed by atoms with Crippen LogP contribution in [-0.2, 0) is 11.0 Å². The molecular weight excluding hydrogens is 333 g/mol. The molecule has 1 aromatic heterocycles. The molecule has 1 amide bonds. The van der Waals surface area contributed by atoms with E-state index < -0.39 is 11.7 Å². The van der Waals surface area contributed by atoms with Crippen LogP contribution in [0.3, 0.4) is 0 Å². The van der Waals surface area contributed by atoms with Crippen molar-refractivity contribution in [3.63, 3.8) is 0 Å². The SMILES string of the molecule is O=C(NCC1CCCN(c2ccc(C(F)(F)F)cn2)C1)C1CCCN1. The van der Waals surface area contributed by atoms with Gasteiger partial charge >= 0.3 is 6.18 Å². The van der Waals surface area contributed by atoms with E-state index in [1.807, 2.05) is 4.90 Å². The minimum absolute atomic E-state index is 0.0438. The van der Waals surface area contributed by atoms with E-state index in [1.165, 1.54) is 6.07 Å². The fourth-order valence-electron chi connectivity index (χ4n) is 3.46. The standard InChI is InChI=1S/C17H23F3N4O/c18-17(19,20)13-5-6-15(22-10-13)24-8-2-3-12(11-24)9-23-16(25)14-4-1-7-21-14/h5-6,10,12,14,21H,1-4,7-9,11H2,(H,23,25). The van der Waals surface area contributed by atoms with E-state index >= 15 is 0 Å². The zero-order valence-corrected chi connectivity index (χ0v) is 14.0. The van der Waals surface area contributed by atoms with E-state index in [0.717, 1.165) is 51.0 Å². The topological polar surface area (TPSA) is 57.3 Å². The first kappa shape index (κ1) is 18.0. The number of hydrogen-bond donors (Lipinski definition) is 2. The van der Waals surface area contributed by atoms with Crippen LogP contribution in [0.25, 0.3) is 0 Å². The van der Waals surface area contributed by atoms with Crippen molar-refractivity contribution in [2.75, 3.05) is 31.1 Å². The molecule has 0 saturated carbocycles. The van der Waals surface area contributed by atoms with Crippen molar-refractivity contribution in [1.29, 1.82) is 0 Å². The van der Waals surface area contributed by atoms with E-state index in [2.05, 4.69) is 15.6 Å². The molecule has 3 rings (SSSR count). The van der Waals surface area contributed by atoms with Crippen LogP contribution >= 0.6 is 0 Å². The van der Waals surface area contributed by atoms with Gasteiger partial charge in [0.15, 0.2) is 0 Å². The van der Waals surface area contributed by atoms with Gasteiger partial charge in [0.05, 0.1) is 11.6 Å². The summed E-state index contributed by atoms with van der Waals surface area (Å²) in [6, 6.07) is 2.40. The third-order valence-corrected chi connectivity index (χ3v) is 4.86. The van der Waals surface area contributed by atoms with Gasteiger partial charge in [0, 0.05) is 25.8 Å². The van der Waals surface area contributed by atoms with Crippen molar-refractivity contribution in [2.24, 2.45) is 5.92 Å². The van der Waals surface area contributed by atoms with E-state index in [0.29, 0.717) is 18.9 Å². The number of rotatable bonds is 4. The molecule has 0 spiro atoms. The summed E-state index contributed by atoms with van der Waals surface area (Å²) in [5.74, 6) is 0.881. The Morgan fingerprint density at radius 3 is 2.80 bits per heavy atom. The first-order valence-corrected chi connectivity index (χ1v) is 8.73. The second-order valence-electron chi connectivity index (χ2n) is 6.75. The number of nitrogens with zero attached hydrogens (tertiary/aromatic N) is 2. The zero-order chi connectivity index (χ0) is 17.9. The summed E-state index contributed by atoms with van der Waals surface area (Å²) >= 11 is 0. The Morgan fingerprint density at radius 1 is 1.32 bits per heavy atom. The lowest BCUT2D eigenvalue weighted by Crippen LogP contribution is -2.45. The Morgan fingerprint density at radius 2 is 2.16 bits per heavy atom. The van der Waals surface area contributed by atoms with Crippen LogP contribution in [0.2, 0.25) is 0 Å². The number of anilines is 1. The van der Waals surface area contributed by atoms with Gasteiger partial charge in [-0.3, -0.25) is 4.79 Å². The number of nitrogens with one attached hydrogen (secondary N) is 2. The van der Waals surface area contributed by atoms with Crippen LogP contribution in [0.4, 0.5) is 19.0 Å². The molecule has 2 saturated heterocycles. The molecule has 1 aromatic rings. The van der Waals surface area contributed by atoms with Crippen LogP contribution in [0.1, 0.15) is 31.2 Å². The largest absolute Gasteiger partial charge is 0.417 e.